The average Bonchev–Trinajstić information content (AvgIpc) is 2.26. The molecule has 1 N–H and O–H groups in total. The van der Waals surface area contributed by atoms with Crippen LogP contribution in [0.2, 0.25) is 0 Å². The van der Waals surface area contributed by atoms with E-state index in [9.17, 15) is 8.42 Å². The van der Waals surface area contributed by atoms with Gasteiger partial charge in [0.15, 0.2) is 0 Å². The molecule has 0 aliphatic rings. The van der Waals surface area contributed by atoms with Gasteiger partial charge in [-0.3, -0.25) is 0 Å². The van der Waals surface area contributed by atoms with Gasteiger partial charge in [0.2, 0.25) is 10.0 Å². The molecule has 88 valence electrons. The topological polar surface area (TPSA) is 57.6 Å². The van der Waals surface area contributed by atoms with Crippen molar-refractivity contribution >= 4 is 16.1 Å². The highest BCUT2D eigenvalue weighted by Gasteiger charge is 2.15. The molecule has 0 bridgehead atoms. The van der Waals surface area contributed by atoms with E-state index >= 15 is 0 Å². The summed E-state index contributed by atoms with van der Waals surface area (Å²) in [5, 5.41) is 8.59. The third kappa shape index (κ3) is 2.91. The quantitative estimate of drug-likeness (QED) is 0.853. The zero-order valence-corrected chi connectivity index (χ0v) is 10.1. The first-order chi connectivity index (χ1) is 7.48. The van der Waals surface area contributed by atoms with Crippen molar-refractivity contribution in [2.24, 2.45) is 0 Å². The van der Waals surface area contributed by atoms with Crippen molar-refractivity contribution < 1.29 is 13.5 Å². The van der Waals surface area contributed by atoms with Gasteiger partial charge in [-0.15, -0.1) is 0 Å². The molecule has 0 saturated heterocycles. The maximum atomic E-state index is 11.7. The fourth-order valence-corrected chi connectivity index (χ4v) is 2.05. The number of benzene rings is 1. The van der Waals surface area contributed by atoms with Crippen molar-refractivity contribution in [2.75, 3.05) is 20.7 Å². The summed E-state index contributed by atoms with van der Waals surface area (Å²) in [6, 6.07) is 6.49. The Morgan fingerprint density at radius 1 is 1.25 bits per heavy atom. The lowest BCUT2D eigenvalue weighted by Crippen LogP contribution is -2.22. The van der Waals surface area contributed by atoms with Crippen molar-refractivity contribution in [1.29, 1.82) is 0 Å². The maximum Gasteiger partial charge on any atom is 0.242 e. The van der Waals surface area contributed by atoms with Crippen LogP contribution in [0.1, 0.15) is 5.56 Å². The summed E-state index contributed by atoms with van der Waals surface area (Å²) in [7, 11) is -0.364. The molecule has 0 spiro atoms. The standard InChI is InChI=1S/C11H15NO3S/c1-12(2)16(14,15)11-7-5-10(6-8-11)4-3-9-13/h3-8,13H,9H2,1-2H3/b4-3+. The van der Waals surface area contributed by atoms with Gasteiger partial charge >= 0.3 is 0 Å². The second-order valence-electron chi connectivity index (χ2n) is 3.44. The van der Waals surface area contributed by atoms with Crippen LogP contribution in [-0.2, 0) is 10.0 Å². The number of hydrogen-bond acceptors (Lipinski definition) is 3. The lowest BCUT2D eigenvalue weighted by molar-refractivity contribution is 0.343. The van der Waals surface area contributed by atoms with E-state index in [-0.39, 0.29) is 11.5 Å². The number of rotatable bonds is 4. The van der Waals surface area contributed by atoms with Gasteiger partial charge in [-0.25, -0.2) is 12.7 Å². The summed E-state index contributed by atoms with van der Waals surface area (Å²) in [5.41, 5.74) is 0.853. The highest BCUT2D eigenvalue weighted by molar-refractivity contribution is 7.89. The summed E-state index contributed by atoms with van der Waals surface area (Å²) < 4.78 is 24.6. The van der Waals surface area contributed by atoms with Crippen LogP contribution in [0.15, 0.2) is 35.2 Å². The molecule has 0 aliphatic heterocycles. The minimum absolute atomic E-state index is 0.0300. The van der Waals surface area contributed by atoms with Gasteiger partial charge in [0.05, 0.1) is 11.5 Å². The molecule has 4 nitrogen and oxygen atoms in total. The van der Waals surface area contributed by atoms with E-state index in [0.29, 0.717) is 0 Å². The molecule has 16 heavy (non-hydrogen) atoms. The Labute approximate surface area is 95.9 Å². The molecule has 0 aliphatic carbocycles. The lowest BCUT2D eigenvalue weighted by Gasteiger charge is -2.10. The highest BCUT2D eigenvalue weighted by Crippen LogP contribution is 2.14. The van der Waals surface area contributed by atoms with Crippen LogP contribution in [0.25, 0.3) is 6.08 Å². The van der Waals surface area contributed by atoms with Crippen LogP contribution in [0.3, 0.4) is 0 Å². The van der Waals surface area contributed by atoms with Crippen LogP contribution in [0.4, 0.5) is 0 Å². The summed E-state index contributed by atoms with van der Waals surface area (Å²) in [6.07, 6.45) is 3.32. The van der Waals surface area contributed by atoms with Gasteiger partial charge < -0.3 is 5.11 Å². The zero-order valence-electron chi connectivity index (χ0n) is 9.29. The van der Waals surface area contributed by atoms with Crippen LogP contribution < -0.4 is 0 Å². The van der Waals surface area contributed by atoms with E-state index in [1.807, 2.05) is 0 Å². The number of aliphatic hydroxyl groups excluding tert-OH is 1. The average molecular weight is 241 g/mol. The van der Waals surface area contributed by atoms with Gasteiger partial charge in [0.25, 0.3) is 0 Å². The summed E-state index contributed by atoms with van der Waals surface area (Å²) in [5.74, 6) is 0. The second-order valence-corrected chi connectivity index (χ2v) is 5.59. The fraction of sp³-hybridized carbons (Fsp3) is 0.273. The monoisotopic (exact) mass is 241 g/mol. The molecule has 0 aromatic heterocycles. The maximum absolute atomic E-state index is 11.7. The zero-order chi connectivity index (χ0) is 12.2. The summed E-state index contributed by atoms with van der Waals surface area (Å²) in [4.78, 5) is 0.263. The molecule has 0 saturated carbocycles. The Hall–Kier alpha value is -1.17. The predicted molar refractivity (Wildman–Crippen MR) is 63.4 cm³/mol. The first-order valence-electron chi connectivity index (χ1n) is 4.78. The lowest BCUT2D eigenvalue weighted by atomic mass is 10.2. The first kappa shape index (κ1) is 12.9. The molecule has 1 aromatic carbocycles. The number of hydrogen-bond donors (Lipinski definition) is 1. The van der Waals surface area contributed by atoms with E-state index in [1.165, 1.54) is 18.4 Å². The van der Waals surface area contributed by atoms with E-state index < -0.39 is 10.0 Å². The van der Waals surface area contributed by atoms with Crippen LogP contribution in [0.5, 0.6) is 0 Å². The molecule has 1 aromatic rings. The van der Waals surface area contributed by atoms with Crippen molar-refractivity contribution in [1.82, 2.24) is 4.31 Å². The molecule has 5 heteroatoms. The molecule has 1 rings (SSSR count). The van der Waals surface area contributed by atoms with E-state index in [2.05, 4.69) is 0 Å². The Bertz CT molecular complexity index is 461. The molecule has 0 unspecified atom stereocenters. The van der Waals surface area contributed by atoms with Crippen LogP contribution in [0, 0.1) is 0 Å². The molecule has 0 atom stereocenters. The van der Waals surface area contributed by atoms with Crippen molar-refractivity contribution in [2.45, 2.75) is 4.90 Å². The van der Waals surface area contributed by atoms with Gasteiger partial charge in [0, 0.05) is 14.1 Å². The Morgan fingerprint density at radius 2 is 1.81 bits per heavy atom. The largest absolute Gasteiger partial charge is 0.392 e. The van der Waals surface area contributed by atoms with Crippen molar-refractivity contribution in [3.8, 4) is 0 Å². The number of sulfonamides is 1. The predicted octanol–water partition coefficient (Wildman–Crippen LogP) is 0.942. The fourth-order valence-electron chi connectivity index (χ4n) is 1.15. The first-order valence-corrected chi connectivity index (χ1v) is 6.22. The van der Waals surface area contributed by atoms with E-state index in [0.717, 1.165) is 5.56 Å². The Morgan fingerprint density at radius 3 is 2.25 bits per heavy atom. The van der Waals surface area contributed by atoms with Crippen LogP contribution >= 0.6 is 0 Å². The highest BCUT2D eigenvalue weighted by atomic mass is 32.2. The summed E-state index contributed by atoms with van der Waals surface area (Å²) in [6.45, 7) is -0.0300. The minimum Gasteiger partial charge on any atom is -0.392 e. The van der Waals surface area contributed by atoms with Gasteiger partial charge in [-0.05, 0) is 17.7 Å². The third-order valence-electron chi connectivity index (χ3n) is 2.07. The minimum atomic E-state index is -3.35. The van der Waals surface area contributed by atoms with Gasteiger partial charge in [-0.2, -0.15) is 0 Å². The summed E-state index contributed by atoms with van der Waals surface area (Å²) >= 11 is 0. The second kappa shape index (κ2) is 5.25. The molecule has 0 fully saturated rings. The number of aliphatic hydroxyl groups is 1. The van der Waals surface area contributed by atoms with Gasteiger partial charge in [0.1, 0.15) is 0 Å². The van der Waals surface area contributed by atoms with Crippen molar-refractivity contribution in [3.05, 3.63) is 35.9 Å². The Kier molecular flexibility index (Phi) is 4.23. The molecule has 0 radical (unpaired) electrons. The molecule has 0 heterocycles. The van der Waals surface area contributed by atoms with E-state index in [1.54, 1.807) is 36.4 Å². The molecule has 0 amide bonds. The molecular formula is C11H15NO3S. The smallest absolute Gasteiger partial charge is 0.242 e. The molecular weight excluding hydrogens is 226 g/mol. The van der Waals surface area contributed by atoms with Crippen molar-refractivity contribution in [3.63, 3.8) is 0 Å². The number of nitrogens with zero attached hydrogens (tertiary/aromatic N) is 1. The Balaban J connectivity index is 3.00. The van der Waals surface area contributed by atoms with E-state index in [4.69, 9.17) is 5.11 Å². The van der Waals surface area contributed by atoms with Gasteiger partial charge in [-0.1, -0.05) is 24.3 Å². The van der Waals surface area contributed by atoms with Crippen LogP contribution in [-0.4, -0.2) is 38.5 Å². The normalized spacial score (nSPS) is 12.5. The SMILES string of the molecule is CN(C)S(=O)(=O)c1ccc(/C=C/CO)cc1. The third-order valence-corrected chi connectivity index (χ3v) is 3.90.